The van der Waals surface area contributed by atoms with Crippen LogP contribution in [0.3, 0.4) is 0 Å². The van der Waals surface area contributed by atoms with Gasteiger partial charge in [0.25, 0.3) is 5.91 Å². The van der Waals surface area contributed by atoms with Gasteiger partial charge < -0.3 is 10.6 Å². The van der Waals surface area contributed by atoms with Crippen LogP contribution in [0.25, 0.3) is 0 Å². The molecule has 2 aromatic rings. The summed E-state index contributed by atoms with van der Waals surface area (Å²) in [4.78, 5) is 26.4. The molecule has 3 rings (SSSR count). The van der Waals surface area contributed by atoms with E-state index < -0.39 is 17.6 Å². The Morgan fingerprint density at radius 1 is 0.867 bits per heavy atom. The Morgan fingerprint density at radius 2 is 1.47 bits per heavy atom. The molecule has 5 nitrogen and oxygen atoms in total. The van der Waals surface area contributed by atoms with Crippen molar-refractivity contribution in [3.8, 4) is 0 Å². The van der Waals surface area contributed by atoms with E-state index in [1.54, 1.807) is 0 Å². The second kappa shape index (κ2) is 9.75. The molecule has 1 fully saturated rings. The molecule has 2 N–H and O–H groups in total. The summed E-state index contributed by atoms with van der Waals surface area (Å²) in [5, 5.41) is 5.12. The van der Waals surface area contributed by atoms with Crippen molar-refractivity contribution in [1.82, 2.24) is 15.5 Å². The Hall–Kier alpha value is -2.87. The van der Waals surface area contributed by atoms with Gasteiger partial charge in [-0.2, -0.15) is 13.2 Å². The SMILES string of the molecule is O=C(CNC(=O)c1ccc(C(F)(F)F)cc1)NCc1ccc(CN2CCCC2)cc1. The highest BCUT2D eigenvalue weighted by Crippen LogP contribution is 2.29. The van der Waals surface area contributed by atoms with Gasteiger partial charge in [-0.1, -0.05) is 24.3 Å². The largest absolute Gasteiger partial charge is 0.416 e. The molecular weight excluding hydrogens is 395 g/mol. The first-order valence-corrected chi connectivity index (χ1v) is 9.83. The minimum absolute atomic E-state index is 0.0596. The molecule has 0 aliphatic carbocycles. The van der Waals surface area contributed by atoms with E-state index in [9.17, 15) is 22.8 Å². The van der Waals surface area contributed by atoms with Crippen LogP contribution >= 0.6 is 0 Å². The summed E-state index contributed by atoms with van der Waals surface area (Å²) in [6.07, 6.45) is -1.96. The van der Waals surface area contributed by atoms with Crippen molar-refractivity contribution in [3.05, 3.63) is 70.8 Å². The number of alkyl halides is 3. The number of halogens is 3. The van der Waals surface area contributed by atoms with Gasteiger partial charge in [-0.25, -0.2) is 0 Å². The lowest BCUT2D eigenvalue weighted by molar-refractivity contribution is -0.137. The molecule has 0 unspecified atom stereocenters. The number of amides is 2. The molecule has 1 aliphatic heterocycles. The first-order valence-electron chi connectivity index (χ1n) is 9.83. The van der Waals surface area contributed by atoms with E-state index in [0.29, 0.717) is 6.54 Å². The zero-order chi connectivity index (χ0) is 21.6. The molecule has 1 heterocycles. The molecule has 160 valence electrons. The fourth-order valence-electron chi connectivity index (χ4n) is 3.30. The third-order valence-electron chi connectivity index (χ3n) is 5.00. The van der Waals surface area contributed by atoms with Crippen LogP contribution in [0, 0.1) is 0 Å². The quantitative estimate of drug-likeness (QED) is 0.724. The molecule has 2 aromatic carbocycles. The average Bonchev–Trinajstić information content (AvgIpc) is 3.24. The summed E-state index contributed by atoms with van der Waals surface area (Å²) in [7, 11) is 0. The molecule has 0 aromatic heterocycles. The topological polar surface area (TPSA) is 61.4 Å². The molecular formula is C22H24F3N3O2. The van der Waals surface area contributed by atoms with Gasteiger partial charge in [0.2, 0.25) is 5.91 Å². The van der Waals surface area contributed by atoms with E-state index >= 15 is 0 Å². The van der Waals surface area contributed by atoms with Crippen molar-refractivity contribution in [2.24, 2.45) is 0 Å². The number of nitrogens with one attached hydrogen (secondary N) is 2. The minimum Gasteiger partial charge on any atom is -0.350 e. The number of hydrogen-bond acceptors (Lipinski definition) is 3. The van der Waals surface area contributed by atoms with Gasteiger partial charge in [0.15, 0.2) is 0 Å². The number of carbonyl (C=O) groups excluding carboxylic acids is 2. The second-order valence-corrected chi connectivity index (χ2v) is 7.33. The standard InChI is InChI=1S/C22H24F3N3O2/c23-22(24,25)19-9-7-18(8-10-19)21(30)27-14-20(29)26-13-16-3-5-17(6-4-16)15-28-11-1-2-12-28/h3-10H,1-2,11-15H2,(H,26,29)(H,27,30). The number of nitrogens with zero attached hydrogens (tertiary/aromatic N) is 1. The molecule has 30 heavy (non-hydrogen) atoms. The lowest BCUT2D eigenvalue weighted by Gasteiger charge is -2.14. The predicted molar refractivity (Wildman–Crippen MR) is 107 cm³/mol. The maximum absolute atomic E-state index is 12.6. The minimum atomic E-state index is -4.46. The second-order valence-electron chi connectivity index (χ2n) is 7.33. The Morgan fingerprint density at radius 3 is 2.07 bits per heavy atom. The molecule has 2 amide bonds. The van der Waals surface area contributed by atoms with Crippen LogP contribution in [0.5, 0.6) is 0 Å². The number of carbonyl (C=O) groups is 2. The Balaban J connectivity index is 1.40. The van der Waals surface area contributed by atoms with Crippen molar-refractivity contribution in [1.29, 1.82) is 0 Å². The summed E-state index contributed by atoms with van der Waals surface area (Å²) < 4.78 is 37.7. The van der Waals surface area contributed by atoms with Gasteiger partial charge in [0.1, 0.15) is 0 Å². The van der Waals surface area contributed by atoms with E-state index in [0.717, 1.165) is 49.5 Å². The van der Waals surface area contributed by atoms with Crippen molar-refractivity contribution in [3.63, 3.8) is 0 Å². The van der Waals surface area contributed by atoms with E-state index in [4.69, 9.17) is 0 Å². The maximum Gasteiger partial charge on any atom is 0.416 e. The number of benzene rings is 2. The Kier molecular flexibility index (Phi) is 7.10. The molecule has 1 aliphatic rings. The third-order valence-corrected chi connectivity index (χ3v) is 5.00. The van der Waals surface area contributed by atoms with Gasteiger partial charge >= 0.3 is 6.18 Å². The molecule has 0 atom stereocenters. The maximum atomic E-state index is 12.6. The van der Waals surface area contributed by atoms with Gasteiger partial charge in [-0.15, -0.1) is 0 Å². The number of likely N-dealkylation sites (tertiary alicyclic amines) is 1. The van der Waals surface area contributed by atoms with Crippen LogP contribution in [0.2, 0.25) is 0 Å². The lowest BCUT2D eigenvalue weighted by atomic mass is 10.1. The van der Waals surface area contributed by atoms with Crippen molar-refractivity contribution in [2.45, 2.75) is 32.1 Å². The molecule has 0 saturated carbocycles. The highest BCUT2D eigenvalue weighted by Gasteiger charge is 2.30. The molecule has 8 heteroatoms. The highest BCUT2D eigenvalue weighted by molar-refractivity contribution is 5.96. The monoisotopic (exact) mass is 419 g/mol. The highest BCUT2D eigenvalue weighted by atomic mass is 19.4. The Bertz CT molecular complexity index is 859. The van der Waals surface area contributed by atoms with Crippen molar-refractivity contribution >= 4 is 11.8 Å². The summed E-state index contributed by atoms with van der Waals surface area (Å²) >= 11 is 0. The predicted octanol–water partition coefficient (Wildman–Crippen LogP) is 3.35. The summed E-state index contributed by atoms with van der Waals surface area (Å²) in [6, 6.07) is 11.9. The van der Waals surface area contributed by atoms with E-state index in [-0.39, 0.29) is 18.0 Å². The van der Waals surface area contributed by atoms with Crippen LogP contribution in [-0.4, -0.2) is 36.3 Å². The average molecular weight is 419 g/mol. The summed E-state index contributed by atoms with van der Waals surface area (Å²) in [6.45, 7) is 3.28. The van der Waals surface area contributed by atoms with E-state index in [1.165, 1.54) is 18.4 Å². The number of rotatable bonds is 7. The van der Waals surface area contributed by atoms with Crippen LogP contribution in [0.4, 0.5) is 13.2 Å². The first kappa shape index (κ1) is 21.8. The van der Waals surface area contributed by atoms with Crippen LogP contribution in [0.1, 0.15) is 39.9 Å². The molecule has 0 spiro atoms. The fourth-order valence-corrected chi connectivity index (χ4v) is 3.30. The third kappa shape index (κ3) is 6.32. The Labute approximate surface area is 173 Å². The van der Waals surface area contributed by atoms with Gasteiger partial charge in [-0.3, -0.25) is 14.5 Å². The lowest BCUT2D eigenvalue weighted by Crippen LogP contribution is -2.36. The van der Waals surface area contributed by atoms with E-state index in [2.05, 4.69) is 15.5 Å². The zero-order valence-corrected chi connectivity index (χ0v) is 16.5. The van der Waals surface area contributed by atoms with Gasteiger partial charge in [0.05, 0.1) is 12.1 Å². The normalized spacial score (nSPS) is 14.5. The van der Waals surface area contributed by atoms with Crippen LogP contribution in [0.15, 0.2) is 48.5 Å². The van der Waals surface area contributed by atoms with Gasteiger partial charge in [0, 0.05) is 18.7 Å². The van der Waals surface area contributed by atoms with Crippen molar-refractivity contribution < 1.29 is 22.8 Å². The number of hydrogen-bond donors (Lipinski definition) is 2. The van der Waals surface area contributed by atoms with Gasteiger partial charge in [-0.05, 0) is 61.3 Å². The first-order chi connectivity index (χ1) is 14.3. The molecule has 0 bridgehead atoms. The van der Waals surface area contributed by atoms with Crippen LogP contribution < -0.4 is 10.6 Å². The zero-order valence-electron chi connectivity index (χ0n) is 16.5. The summed E-state index contributed by atoms with van der Waals surface area (Å²) in [5.74, 6) is -0.985. The molecule has 0 radical (unpaired) electrons. The fraction of sp³-hybridized carbons (Fsp3) is 0.364. The van der Waals surface area contributed by atoms with Crippen molar-refractivity contribution in [2.75, 3.05) is 19.6 Å². The smallest absolute Gasteiger partial charge is 0.350 e. The van der Waals surface area contributed by atoms with Crippen LogP contribution in [-0.2, 0) is 24.1 Å². The van der Waals surface area contributed by atoms with E-state index in [1.807, 2.05) is 24.3 Å². The summed E-state index contributed by atoms with van der Waals surface area (Å²) in [5.41, 5.74) is 1.41. The molecule has 1 saturated heterocycles.